The van der Waals surface area contributed by atoms with Gasteiger partial charge in [0.2, 0.25) is 0 Å². The van der Waals surface area contributed by atoms with Gasteiger partial charge in [-0.15, -0.1) is 0 Å². The predicted molar refractivity (Wildman–Crippen MR) is 60.4 cm³/mol. The van der Waals surface area contributed by atoms with Gasteiger partial charge in [-0.3, -0.25) is 4.79 Å². The number of phenolic OH excluding ortho intramolecular Hbond substituents is 1. The third-order valence-electron chi connectivity index (χ3n) is 1.92. The highest BCUT2D eigenvalue weighted by molar-refractivity contribution is 6.08. The molecule has 0 saturated heterocycles. The number of ketones is 1. The number of carboxylic acid groups (broad SMARTS) is 1. The molecule has 0 unspecified atom stereocenters. The van der Waals surface area contributed by atoms with Gasteiger partial charge in [-0.1, -0.05) is 0 Å². The van der Waals surface area contributed by atoms with E-state index in [9.17, 15) is 14.7 Å². The lowest BCUT2D eigenvalue weighted by Gasteiger charge is -2.05. The second kappa shape index (κ2) is 5.69. The van der Waals surface area contributed by atoms with Gasteiger partial charge < -0.3 is 14.9 Å². The van der Waals surface area contributed by atoms with E-state index in [1.54, 1.807) is 6.92 Å². The van der Waals surface area contributed by atoms with Crippen LogP contribution in [0.1, 0.15) is 17.3 Å². The van der Waals surface area contributed by atoms with Crippen LogP contribution in [-0.2, 0) is 4.79 Å². The fourth-order valence-electron chi connectivity index (χ4n) is 1.21. The Morgan fingerprint density at radius 1 is 1.35 bits per heavy atom. The topological polar surface area (TPSA) is 83.8 Å². The van der Waals surface area contributed by atoms with E-state index < -0.39 is 11.8 Å². The molecule has 2 N–H and O–H groups in total. The molecule has 0 aromatic heterocycles. The van der Waals surface area contributed by atoms with Crippen molar-refractivity contribution in [3.63, 3.8) is 0 Å². The van der Waals surface area contributed by atoms with Crippen LogP contribution in [0.4, 0.5) is 0 Å². The van der Waals surface area contributed by atoms with Crippen LogP contribution in [-0.4, -0.2) is 28.6 Å². The zero-order chi connectivity index (χ0) is 12.8. The van der Waals surface area contributed by atoms with Crippen molar-refractivity contribution in [2.75, 3.05) is 6.61 Å². The summed E-state index contributed by atoms with van der Waals surface area (Å²) in [7, 11) is 0. The molecule has 1 aromatic rings. The van der Waals surface area contributed by atoms with Crippen molar-refractivity contribution in [3.8, 4) is 11.5 Å². The lowest BCUT2D eigenvalue weighted by Crippen LogP contribution is -1.99. The first-order chi connectivity index (χ1) is 8.04. The molecule has 0 saturated carbocycles. The number of rotatable bonds is 5. The molecule has 0 spiro atoms. The Bertz CT molecular complexity index is 462. The summed E-state index contributed by atoms with van der Waals surface area (Å²) in [5.41, 5.74) is 0.00782. The number of hydrogen-bond donors (Lipinski definition) is 2. The monoisotopic (exact) mass is 236 g/mol. The number of allylic oxidation sites excluding steroid dienone is 1. The maximum Gasteiger partial charge on any atom is 0.328 e. The van der Waals surface area contributed by atoms with Crippen molar-refractivity contribution in [1.29, 1.82) is 0 Å². The fraction of sp³-hybridized carbons (Fsp3) is 0.167. The van der Waals surface area contributed by atoms with Crippen molar-refractivity contribution in [2.45, 2.75) is 6.92 Å². The zero-order valence-corrected chi connectivity index (χ0v) is 9.21. The summed E-state index contributed by atoms with van der Waals surface area (Å²) < 4.78 is 5.17. The Hall–Kier alpha value is -2.30. The molecule has 90 valence electrons. The molecule has 1 aromatic carbocycles. The highest BCUT2D eigenvalue weighted by Crippen LogP contribution is 2.23. The quantitative estimate of drug-likeness (QED) is 0.599. The summed E-state index contributed by atoms with van der Waals surface area (Å²) in [6.45, 7) is 2.22. The minimum Gasteiger partial charge on any atom is -0.507 e. The van der Waals surface area contributed by atoms with Crippen molar-refractivity contribution < 1.29 is 24.5 Å². The standard InChI is InChI=1S/C12H12O5/c1-2-17-8-3-4-10(13)9(7-8)11(14)5-6-12(15)16/h3-7,13H,2H2,1H3,(H,15,16)/b6-5+. The molecule has 5 nitrogen and oxygen atoms in total. The van der Waals surface area contributed by atoms with E-state index in [0.29, 0.717) is 12.4 Å². The molecule has 0 aliphatic carbocycles. The normalized spacial score (nSPS) is 10.4. The van der Waals surface area contributed by atoms with Gasteiger partial charge in [0.25, 0.3) is 0 Å². The molecule has 0 heterocycles. The fourth-order valence-corrected chi connectivity index (χ4v) is 1.21. The number of aromatic hydroxyl groups is 1. The van der Waals surface area contributed by atoms with Gasteiger partial charge in [0.05, 0.1) is 12.2 Å². The van der Waals surface area contributed by atoms with Gasteiger partial charge in [0.1, 0.15) is 11.5 Å². The van der Waals surface area contributed by atoms with Gasteiger partial charge in [-0.25, -0.2) is 4.79 Å². The van der Waals surface area contributed by atoms with Crippen LogP contribution >= 0.6 is 0 Å². The Kier molecular flexibility index (Phi) is 4.28. The summed E-state index contributed by atoms with van der Waals surface area (Å²) in [6, 6.07) is 4.22. The number of carbonyl (C=O) groups excluding carboxylic acids is 1. The van der Waals surface area contributed by atoms with Crippen molar-refractivity contribution in [2.24, 2.45) is 0 Å². The van der Waals surface area contributed by atoms with Crippen LogP contribution < -0.4 is 4.74 Å². The first kappa shape index (κ1) is 12.8. The number of aliphatic carboxylic acids is 1. The molecule has 0 aliphatic rings. The number of hydrogen-bond acceptors (Lipinski definition) is 4. The number of phenols is 1. The van der Waals surface area contributed by atoms with Crippen LogP contribution in [0.25, 0.3) is 0 Å². The average Bonchev–Trinajstić information content (AvgIpc) is 2.29. The highest BCUT2D eigenvalue weighted by atomic mass is 16.5. The Balaban J connectivity index is 2.99. The molecule has 0 fully saturated rings. The molecule has 0 atom stereocenters. The molecule has 0 amide bonds. The first-order valence-corrected chi connectivity index (χ1v) is 4.95. The summed E-state index contributed by atoms with van der Waals surface area (Å²) in [5, 5.41) is 17.9. The van der Waals surface area contributed by atoms with E-state index in [1.807, 2.05) is 0 Å². The number of ether oxygens (including phenoxy) is 1. The molecule has 0 radical (unpaired) electrons. The van der Waals surface area contributed by atoms with E-state index in [1.165, 1.54) is 18.2 Å². The first-order valence-electron chi connectivity index (χ1n) is 4.95. The van der Waals surface area contributed by atoms with Gasteiger partial charge >= 0.3 is 5.97 Å². The summed E-state index contributed by atoms with van der Waals surface area (Å²) in [6.07, 6.45) is 1.60. The van der Waals surface area contributed by atoms with Crippen molar-refractivity contribution in [3.05, 3.63) is 35.9 Å². The number of carbonyl (C=O) groups is 2. The lowest BCUT2D eigenvalue weighted by molar-refractivity contribution is -0.131. The third kappa shape index (κ3) is 3.64. The summed E-state index contributed by atoms with van der Waals surface area (Å²) in [4.78, 5) is 21.8. The molecular weight excluding hydrogens is 224 g/mol. The third-order valence-corrected chi connectivity index (χ3v) is 1.92. The van der Waals surface area contributed by atoms with Gasteiger partial charge in [-0.05, 0) is 31.2 Å². The van der Waals surface area contributed by atoms with Crippen molar-refractivity contribution in [1.82, 2.24) is 0 Å². The SMILES string of the molecule is CCOc1ccc(O)c(C(=O)/C=C/C(=O)O)c1. The minimum absolute atomic E-state index is 0.00782. The van der Waals surface area contributed by atoms with Crippen molar-refractivity contribution >= 4 is 11.8 Å². The Labute approximate surface area is 98.0 Å². The van der Waals surface area contributed by atoms with Crippen LogP contribution in [0, 0.1) is 0 Å². The number of carboxylic acids is 1. The smallest absolute Gasteiger partial charge is 0.328 e. The second-order valence-corrected chi connectivity index (χ2v) is 3.15. The highest BCUT2D eigenvalue weighted by Gasteiger charge is 2.10. The van der Waals surface area contributed by atoms with E-state index in [2.05, 4.69) is 0 Å². The second-order valence-electron chi connectivity index (χ2n) is 3.15. The molecule has 0 aliphatic heterocycles. The van der Waals surface area contributed by atoms with Crippen LogP contribution in [0.15, 0.2) is 30.4 Å². The zero-order valence-electron chi connectivity index (χ0n) is 9.21. The minimum atomic E-state index is -1.22. The van der Waals surface area contributed by atoms with E-state index in [0.717, 1.165) is 12.2 Å². The summed E-state index contributed by atoms with van der Waals surface area (Å²) in [5.74, 6) is -1.59. The van der Waals surface area contributed by atoms with E-state index in [-0.39, 0.29) is 11.3 Å². The van der Waals surface area contributed by atoms with E-state index in [4.69, 9.17) is 9.84 Å². The molecule has 0 bridgehead atoms. The summed E-state index contributed by atoms with van der Waals surface area (Å²) >= 11 is 0. The molecular formula is C12H12O5. The largest absolute Gasteiger partial charge is 0.507 e. The lowest BCUT2D eigenvalue weighted by atomic mass is 10.1. The van der Waals surface area contributed by atoms with Gasteiger partial charge in [-0.2, -0.15) is 0 Å². The molecule has 5 heteroatoms. The van der Waals surface area contributed by atoms with Gasteiger partial charge in [0, 0.05) is 6.08 Å². The average molecular weight is 236 g/mol. The molecule has 17 heavy (non-hydrogen) atoms. The molecule has 1 rings (SSSR count). The Morgan fingerprint density at radius 2 is 2.06 bits per heavy atom. The maximum absolute atomic E-state index is 11.6. The maximum atomic E-state index is 11.6. The van der Waals surface area contributed by atoms with Crippen LogP contribution in [0.5, 0.6) is 11.5 Å². The Morgan fingerprint density at radius 3 is 2.65 bits per heavy atom. The van der Waals surface area contributed by atoms with Gasteiger partial charge in [0.15, 0.2) is 5.78 Å². The van der Waals surface area contributed by atoms with E-state index >= 15 is 0 Å². The number of benzene rings is 1. The van der Waals surface area contributed by atoms with Crippen LogP contribution in [0.2, 0.25) is 0 Å². The predicted octanol–water partition coefficient (Wildman–Crippen LogP) is 1.61. The van der Waals surface area contributed by atoms with Crippen LogP contribution in [0.3, 0.4) is 0 Å².